The fourth-order valence-electron chi connectivity index (χ4n) is 6.81. The van der Waals surface area contributed by atoms with Crippen LogP contribution in [0.4, 0.5) is 5.69 Å². The first-order chi connectivity index (χ1) is 26.1. The van der Waals surface area contributed by atoms with Crippen molar-refractivity contribution in [1.82, 2.24) is 10.2 Å². The van der Waals surface area contributed by atoms with Crippen molar-refractivity contribution < 1.29 is 24.2 Å². The molecule has 4 aromatic carbocycles. The molecular weight excluding hydrogens is 703 g/mol. The maximum absolute atomic E-state index is 11.1. The predicted molar refractivity (Wildman–Crippen MR) is 229 cm³/mol. The summed E-state index contributed by atoms with van der Waals surface area (Å²) in [6.07, 6.45) is 2.82. The van der Waals surface area contributed by atoms with E-state index >= 15 is 0 Å². The van der Waals surface area contributed by atoms with Crippen LogP contribution in [-0.2, 0) is 22.1 Å². The summed E-state index contributed by atoms with van der Waals surface area (Å²) in [5.41, 5.74) is 5.80. The second kappa shape index (κ2) is 20.1. The highest BCUT2D eigenvalue weighted by molar-refractivity contribution is 6.74. The largest absolute Gasteiger partial charge is 0.508 e. The molecule has 8 nitrogen and oxygen atoms in total. The third-order valence-corrected chi connectivity index (χ3v) is 15.5. The summed E-state index contributed by atoms with van der Waals surface area (Å²) >= 11 is 0. The Bertz CT molecular complexity index is 1770. The van der Waals surface area contributed by atoms with Crippen molar-refractivity contribution in [1.29, 1.82) is 0 Å². The van der Waals surface area contributed by atoms with Crippen molar-refractivity contribution >= 4 is 20.4 Å². The fourth-order valence-corrected chi connectivity index (χ4v) is 8.10. The zero-order valence-electron chi connectivity index (χ0n) is 34.6. The van der Waals surface area contributed by atoms with Gasteiger partial charge >= 0.3 is 0 Å². The van der Waals surface area contributed by atoms with E-state index in [4.69, 9.17) is 9.16 Å². The number of aromatic hydroxyl groups is 2. The van der Waals surface area contributed by atoms with Crippen LogP contribution in [0.5, 0.6) is 17.2 Å². The number of carbonyl (C=O) groups is 1. The SMILES string of the molecule is CC(C)N(CC[C@H](c1ccccc1)c1cc(CCOc2ccc(CCNC[C@H](O[Si](C)(C)C(C)(C)C)c3ccc(O)c(NC=O)c3)cc2)ccc1O)C(C)C. The maximum Gasteiger partial charge on any atom is 0.211 e. The van der Waals surface area contributed by atoms with Crippen LogP contribution in [0.3, 0.4) is 0 Å². The molecule has 0 aliphatic heterocycles. The first kappa shape index (κ1) is 43.6. The monoisotopic (exact) mass is 767 g/mol. The average molecular weight is 768 g/mol. The average Bonchev–Trinajstić information content (AvgIpc) is 3.13. The molecule has 0 fully saturated rings. The van der Waals surface area contributed by atoms with Crippen molar-refractivity contribution in [2.45, 2.75) is 110 Å². The molecule has 0 unspecified atom stereocenters. The molecule has 0 aliphatic carbocycles. The molecule has 1 amide bonds. The van der Waals surface area contributed by atoms with Crippen molar-refractivity contribution in [2.24, 2.45) is 0 Å². The van der Waals surface area contributed by atoms with Gasteiger partial charge in [0.2, 0.25) is 6.41 Å². The Balaban J connectivity index is 1.33. The number of ether oxygens (including phenoxy) is 1. The van der Waals surface area contributed by atoms with Gasteiger partial charge in [0.25, 0.3) is 0 Å². The minimum atomic E-state index is -2.12. The lowest BCUT2D eigenvalue weighted by molar-refractivity contribution is -0.105. The number of phenolic OH excluding ortho intramolecular Hbond substituents is 2. The third-order valence-electron chi connectivity index (χ3n) is 11.0. The Morgan fingerprint density at radius 1 is 0.800 bits per heavy atom. The molecule has 4 N–H and O–H groups in total. The van der Waals surface area contributed by atoms with Crippen molar-refractivity contribution in [2.75, 3.05) is 31.6 Å². The number of nitrogens with one attached hydrogen (secondary N) is 2. The van der Waals surface area contributed by atoms with Crippen LogP contribution in [0.1, 0.15) is 94.7 Å². The van der Waals surface area contributed by atoms with E-state index in [9.17, 15) is 15.0 Å². The Labute approximate surface area is 331 Å². The third kappa shape index (κ3) is 12.7. The van der Waals surface area contributed by atoms with Gasteiger partial charge in [-0.25, -0.2) is 0 Å². The standard InChI is InChI=1S/C46H65N3O5Si/c1-33(2)49(34(3)4)27-24-40(37-13-11-10-12-14-37)41-29-36(17-21-43(41)51)25-28-53-39-19-15-35(16-20-39)23-26-47-31-45(54-55(8,9)46(5,6)7)38-18-22-44(52)42(30-38)48-32-50/h10-22,29-30,32-34,40,45,47,51-52H,23-28,31H2,1-9H3,(H,48,50)/t40-,45+/m1/s1. The Hall–Kier alpha value is -4.15. The summed E-state index contributed by atoms with van der Waals surface area (Å²) in [5, 5.41) is 27.5. The zero-order chi connectivity index (χ0) is 40.2. The van der Waals surface area contributed by atoms with Gasteiger partial charge in [0.15, 0.2) is 8.32 Å². The van der Waals surface area contributed by atoms with Gasteiger partial charge in [-0.2, -0.15) is 0 Å². The molecule has 4 rings (SSSR count). The van der Waals surface area contributed by atoms with Crippen LogP contribution in [0, 0.1) is 0 Å². The van der Waals surface area contributed by atoms with Gasteiger partial charge in [0.1, 0.15) is 17.2 Å². The molecule has 0 saturated heterocycles. The minimum Gasteiger partial charge on any atom is -0.508 e. The summed E-state index contributed by atoms with van der Waals surface area (Å²) in [5.74, 6) is 1.28. The number of phenols is 2. The van der Waals surface area contributed by atoms with Crippen LogP contribution in [0.25, 0.3) is 0 Å². The van der Waals surface area contributed by atoms with Crippen LogP contribution >= 0.6 is 0 Å². The minimum absolute atomic E-state index is 0.0233. The second-order valence-electron chi connectivity index (χ2n) is 16.7. The maximum atomic E-state index is 11.1. The first-order valence-electron chi connectivity index (χ1n) is 19.9. The van der Waals surface area contributed by atoms with Gasteiger partial charge in [-0.05, 0) is 124 Å². The molecule has 0 aliphatic rings. The summed E-state index contributed by atoms with van der Waals surface area (Å²) in [4.78, 5) is 13.6. The van der Waals surface area contributed by atoms with Crippen molar-refractivity contribution in [3.8, 4) is 17.2 Å². The number of carbonyl (C=O) groups excluding carboxylic acids is 1. The van der Waals surface area contributed by atoms with E-state index in [1.165, 1.54) is 11.1 Å². The van der Waals surface area contributed by atoms with Gasteiger partial charge in [-0.15, -0.1) is 0 Å². The first-order valence-corrected chi connectivity index (χ1v) is 22.8. The summed E-state index contributed by atoms with van der Waals surface area (Å²) in [7, 11) is -2.12. The fraction of sp³-hybridized carbons (Fsp3) is 0.457. The van der Waals surface area contributed by atoms with Crippen molar-refractivity contribution in [3.05, 3.63) is 119 Å². The lowest BCUT2D eigenvalue weighted by atomic mass is 9.86. The molecule has 9 heteroatoms. The molecule has 55 heavy (non-hydrogen) atoms. The number of hydrogen-bond donors (Lipinski definition) is 4. The van der Waals surface area contributed by atoms with E-state index in [1.54, 1.807) is 12.1 Å². The topological polar surface area (TPSA) is 103 Å². The van der Waals surface area contributed by atoms with Gasteiger partial charge in [-0.3, -0.25) is 9.69 Å². The number of rotatable bonds is 21. The van der Waals surface area contributed by atoms with Gasteiger partial charge in [0, 0.05) is 36.5 Å². The van der Waals surface area contributed by atoms with E-state index in [2.05, 4.69) is 120 Å². The molecule has 0 radical (unpaired) electrons. The summed E-state index contributed by atoms with van der Waals surface area (Å²) < 4.78 is 13.0. The van der Waals surface area contributed by atoms with Crippen LogP contribution in [-0.4, -0.2) is 68.2 Å². The lowest BCUT2D eigenvalue weighted by Crippen LogP contribution is -2.43. The Morgan fingerprint density at radius 2 is 1.45 bits per heavy atom. The molecule has 0 spiro atoms. The van der Waals surface area contributed by atoms with E-state index in [1.807, 2.05) is 36.4 Å². The molecule has 4 aromatic rings. The molecule has 298 valence electrons. The molecule has 0 heterocycles. The van der Waals surface area contributed by atoms with E-state index in [-0.39, 0.29) is 22.8 Å². The molecule has 2 atom stereocenters. The predicted octanol–water partition coefficient (Wildman–Crippen LogP) is 9.82. The quantitative estimate of drug-likeness (QED) is 0.0290. The number of amides is 1. The summed E-state index contributed by atoms with van der Waals surface area (Å²) in [6, 6.07) is 31.0. The van der Waals surface area contributed by atoms with Gasteiger partial charge in [-0.1, -0.05) is 81.4 Å². The van der Waals surface area contributed by atoms with E-state index in [0.717, 1.165) is 54.8 Å². The van der Waals surface area contributed by atoms with Crippen LogP contribution in [0.2, 0.25) is 18.1 Å². The highest BCUT2D eigenvalue weighted by Crippen LogP contribution is 2.40. The highest BCUT2D eigenvalue weighted by Gasteiger charge is 2.39. The van der Waals surface area contributed by atoms with Gasteiger partial charge < -0.3 is 30.0 Å². The van der Waals surface area contributed by atoms with Crippen molar-refractivity contribution in [3.63, 3.8) is 0 Å². The van der Waals surface area contributed by atoms with Crippen LogP contribution < -0.4 is 15.4 Å². The Kier molecular flexibility index (Phi) is 16.0. The van der Waals surface area contributed by atoms with E-state index < -0.39 is 8.32 Å². The number of anilines is 1. The smallest absolute Gasteiger partial charge is 0.211 e. The van der Waals surface area contributed by atoms with Gasteiger partial charge in [0.05, 0.1) is 18.4 Å². The number of benzene rings is 4. The summed E-state index contributed by atoms with van der Waals surface area (Å²) in [6.45, 7) is 22.9. The molecule has 0 bridgehead atoms. The Morgan fingerprint density at radius 3 is 2.09 bits per heavy atom. The zero-order valence-corrected chi connectivity index (χ0v) is 35.6. The number of nitrogens with zero attached hydrogens (tertiary/aromatic N) is 1. The molecule has 0 saturated carbocycles. The lowest BCUT2D eigenvalue weighted by Gasteiger charge is -2.39. The number of hydrogen-bond acceptors (Lipinski definition) is 7. The van der Waals surface area contributed by atoms with E-state index in [0.29, 0.717) is 43.1 Å². The highest BCUT2D eigenvalue weighted by atomic mass is 28.4. The molecular formula is C46H65N3O5Si. The normalized spacial score (nSPS) is 13.3. The second-order valence-corrected chi connectivity index (χ2v) is 21.4. The van der Waals surface area contributed by atoms with Crippen LogP contribution in [0.15, 0.2) is 91.0 Å². The molecule has 0 aromatic heterocycles.